The molecule has 2 aliphatic rings. The standard InChI is InChI=1S/C21H29ClN2O3/c1-27-19-11-10-17(22)14-18(19)23-20(25)15-6-8-16(9-7-15)21(26)24-12-4-2-3-5-13-24/h10-11,14-16H,2-9,12-13H2,1H3,(H,23,25). The average molecular weight is 393 g/mol. The number of methoxy groups -OCH3 is 1. The van der Waals surface area contributed by atoms with Crippen LogP contribution in [-0.4, -0.2) is 36.9 Å². The zero-order chi connectivity index (χ0) is 19.2. The monoisotopic (exact) mass is 392 g/mol. The quantitative estimate of drug-likeness (QED) is 0.820. The van der Waals surface area contributed by atoms with E-state index >= 15 is 0 Å². The van der Waals surface area contributed by atoms with Gasteiger partial charge in [-0.15, -0.1) is 0 Å². The normalized spacial score (nSPS) is 23.4. The summed E-state index contributed by atoms with van der Waals surface area (Å²) in [7, 11) is 1.57. The molecule has 1 aliphatic carbocycles. The van der Waals surface area contributed by atoms with Crippen LogP contribution >= 0.6 is 11.6 Å². The Balaban J connectivity index is 1.53. The van der Waals surface area contributed by atoms with Gasteiger partial charge in [-0.2, -0.15) is 0 Å². The fraction of sp³-hybridized carbons (Fsp3) is 0.619. The van der Waals surface area contributed by atoms with Gasteiger partial charge in [0.2, 0.25) is 11.8 Å². The number of anilines is 1. The largest absolute Gasteiger partial charge is 0.495 e. The lowest BCUT2D eigenvalue weighted by Gasteiger charge is -2.31. The zero-order valence-electron chi connectivity index (χ0n) is 16.0. The Morgan fingerprint density at radius 2 is 1.67 bits per heavy atom. The predicted octanol–water partition coefficient (Wildman–Crippen LogP) is 4.50. The maximum absolute atomic E-state index is 12.8. The minimum absolute atomic E-state index is 0.0174. The summed E-state index contributed by atoms with van der Waals surface area (Å²) < 4.78 is 5.29. The summed E-state index contributed by atoms with van der Waals surface area (Å²) in [6.07, 6.45) is 7.77. The van der Waals surface area contributed by atoms with Gasteiger partial charge >= 0.3 is 0 Å². The summed E-state index contributed by atoms with van der Waals surface area (Å²) in [6, 6.07) is 5.18. The van der Waals surface area contributed by atoms with E-state index in [0.29, 0.717) is 22.4 Å². The molecule has 0 radical (unpaired) electrons. The highest BCUT2D eigenvalue weighted by atomic mass is 35.5. The third kappa shape index (κ3) is 5.16. The van der Waals surface area contributed by atoms with E-state index in [0.717, 1.165) is 51.6 Å². The highest BCUT2D eigenvalue weighted by molar-refractivity contribution is 6.31. The Hall–Kier alpha value is -1.75. The van der Waals surface area contributed by atoms with Gasteiger partial charge in [0.1, 0.15) is 5.75 Å². The first-order chi connectivity index (χ1) is 13.1. The van der Waals surface area contributed by atoms with E-state index in [1.54, 1.807) is 25.3 Å². The highest BCUT2D eigenvalue weighted by Crippen LogP contribution is 2.33. The number of hydrogen-bond acceptors (Lipinski definition) is 3. The number of halogens is 1. The number of nitrogens with one attached hydrogen (secondary N) is 1. The molecule has 1 aromatic carbocycles. The molecule has 1 saturated heterocycles. The van der Waals surface area contributed by atoms with Crippen molar-refractivity contribution >= 4 is 29.1 Å². The van der Waals surface area contributed by atoms with E-state index in [1.165, 1.54) is 12.8 Å². The molecule has 1 saturated carbocycles. The molecule has 2 fully saturated rings. The molecule has 6 heteroatoms. The van der Waals surface area contributed by atoms with Crippen molar-refractivity contribution in [2.24, 2.45) is 11.8 Å². The lowest BCUT2D eigenvalue weighted by Crippen LogP contribution is -2.39. The maximum Gasteiger partial charge on any atom is 0.227 e. The second-order valence-corrected chi connectivity index (χ2v) is 8.06. The molecular formula is C21H29ClN2O3. The molecule has 1 N–H and O–H groups in total. The molecule has 0 bridgehead atoms. The fourth-order valence-corrected chi connectivity index (χ4v) is 4.34. The third-order valence-corrected chi connectivity index (χ3v) is 6.02. The van der Waals surface area contributed by atoms with Gasteiger partial charge in [-0.05, 0) is 56.7 Å². The summed E-state index contributed by atoms with van der Waals surface area (Å²) in [5.74, 6) is 0.885. The molecule has 2 amide bonds. The van der Waals surface area contributed by atoms with Gasteiger partial charge in [0.05, 0.1) is 12.8 Å². The first-order valence-corrected chi connectivity index (χ1v) is 10.4. The zero-order valence-corrected chi connectivity index (χ0v) is 16.8. The molecule has 148 valence electrons. The van der Waals surface area contributed by atoms with Crippen LogP contribution in [0.25, 0.3) is 0 Å². The van der Waals surface area contributed by atoms with Crippen molar-refractivity contribution in [3.8, 4) is 5.75 Å². The van der Waals surface area contributed by atoms with Crippen molar-refractivity contribution in [3.63, 3.8) is 0 Å². The molecule has 1 aliphatic heterocycles. The van der Waals surface area contributed by atoms with Crippen molar-refractivity contribution in [1.82, 2.24) is 4.90 Å². The smallest absolute Gasteiger partial charge is 0.227 e. The number of amides is 2. The number of likely N-dealkylation sites (tertiary alicyclic amines) is 1. The van der Waals surface area contributed by atoms with Crippen LogP contribution in [0.3, 0.4) is 0 Å². The van der Waals surface area contributed by atoms with Crippen LogP contribution in [0.2, 0.25) is 5.02 Å². The molecule has 0 aromatic heterocycles. The number of hydrogen-bond donors (Lipinski definition) is 1. The van der Waals surface area contributed by atoms with Crippen LogP contribution in [0, 0.1) is 11.8 Å². The minimum Gasteiger partial charge on any atom is -0.495 e. The van der Waals surface area contributed by atoms with E-state index in [2.05, 4.69) is 10.2 Å². The number of benzene rings is 1. The van der Waals surface area contributed by atoms with Crippen LogP contribution in [-0.2, 0) is 9.59 Å². The first kappa shape index (κ1) is 20.0. The van der Waals surface area contributed by atoms with Crippen molar-refractivity contribution < 1.29 is 14.3 Å². The van der Waals surface area contributed by atoms with Gasteiger partial charge in [0, 0.05) is 29.9 Å². The van der Waals surface area contributed by atoms with E-state index in [-0.39, 0.29) is 17.7 Å². The van der Waals surface area contributed by atoms with Gasteiger partial charge < -0.3 is 15.0 Å². The van der Waals surface area contributed by atoms with Crippen LogP contribution in [0.1, 0.15) is 51.4 Å². The number of carbonyl (C=O) groups is 2. The highest BCUT2D eigenvalue weighted by Gasteiger charge is 2.32. The van der Waals surface area contributed by atoms with E-state index in [4.69, 9.17) is 16.3 Å². The van der Waals surface area contributed by atoms with Crippen LogP contribution in [0.4, 0.5) is 5.69 Å². The Morgan fingerprint density at radius 1 is 1.04 bits per heavy atom. The number of carbonyl (C=O) groups excluding carboxylic acids is 2. The van der Waals surface area contributed by atoms with Gasteiger partial charge in [-0.1, -0.05) is 24.4 Å². The van der Waals surface area contributed by atoms with Crippen LogP contribution in [0.15, 0.2) is 18.2 Å². The minimum atomic E-state index is -0.0677. The summed E-state index contributed by atoms with van der Waals surface area (Å²) in [5.41, 5.74) is 0.595. The van der Waals surface area contributed by atoms with Crippen LogP contribution in [0.5, 0.6) is 5.75 Å². The second kappa shape index (κ2) is 9.45. The van der Waals surface area contributed by atoms with E-state index < -0.39 is 0 Å². The van der Waals surface area contributed by atoms with Crippen molar-refractivity contribution in [2.75, 3.05) is 25.5 Å². The average Bonchev–Trinajstić information content (AvgIpc) is 2.97. The van der Waals surface area contributed by atoms with E-state index in [1.807, 2.05) is 0 Å². The summed E-state index contributed by atoms with van der Waals surface area (Å²) >= 11 is 6.03. The molecule has 0 unspecified atom stereocenters. The molecule has 27 heavy (non-hydrogen) atoms. The molecule has 0 spiro atoms. The Labute approximate surface area is 166 Å². The topological polar surface area (TPSA) is 58.6 Å². The molecule has 1 heterocycles. The lowest BCUT2D eigenvalue weighted by atomic mass is 9.81. The summed E-state index contributed by atoms with van der Waals surface area (Å²) in [6.45, 7) is 1.79. The Kier molecular flexibility index (Phi) is 7.00. The van der Waals surface area contributed by atoms with E-state index in [9.17, 15) is 9.59 Å². The molecule has 0 atom stereocenters. The SMILES string of the molecule is COc1ccc(Cl)cc1NC(=O)C1CCC(C(=O)N2CCCCCC2)CC1. The molecule has 5 nitrogen and oxygen atoms in total. The molecular weight excluding hydrogens is 364 g/mol. The van der Waals surface area contributed by atoms with Gasteiger partial charge in [-0.25, -0.2) is 0 Å². The predicted molar refractivity (Wildman–Crippen MR) is 107 cm³/mol. The molecule has 1 aromatic rings. The van der Waals surface area contributed by atoms with Gasteiger partial charge in [0.25, 0.3) is 0 Å². The Morgan fingerprint density at radius 3 is 2.30 bits per heavy atom. The maximum atomic E-state index is 12.8. The number of ether oxygens (including phenoxy) is 1. The summed E-state index contributed by atoms with van der Waals surface area (Å²) in [5, 5.41) is 3.50. The van der Waals surface area contributed by atoms with Crippen molar-refractivity contribution in [3.05, 3.63) is 23.2 Å². The molecule has 3 rings (SSSR count). The van der Waals surface area contributed by atoms with Crippen molar-refractivity contribution in [1.29, 1.82) is 0 Å². The van der Waals surface area contributed by atoms with Crippen LogP contribution < -0.4 is 10.1 Å². The Bertz CT molecular complexity index is 663. The van der Waals surface area contributed by atoms with Crippen molar-refractivity contribution in [2.45, 2.75) is 51.4 Å². The first-order valence-electron chi connectivity index (χ1n) is 10.0. The number of nitrogens with zero attached hydrogens (tertiary/aromatic N) is 1. The van der Waals surface area contributed by atoms with Gasteiger partial charge in [0.15, 0.2) is 0 Å². The number of rotatable bonds is 4. The van der Waals surface area contributed by atoms with Gasteiger partial charge in [-0.3, -0.25) is 9.59 Å². The fourth-order valence-electron chi connectivity index (χ4n) is 4.16. The second-order valence-electron chi connectivity index (χ2n) is 7.62. The lowest BCUT2D eigenvalue weighted by molar-refractivity contribution is -0.137. The third-order valence-electron chi connectivity index (χ3n) is 5.78. The summed E-state index contributed by atoms with van der Waals surface area (Å²) in [4.78, 5) is 27.5.